The monoisotopic (exact) mass is 227 g/mol. The van der Waals surface area contributed by atoms with Crippen molar-refractivity contribution in [2.24, 2.45) is 19.3 Å². The van der Waals surface area contributed by atoms with E-state index >= 15 is 0 Å². The molecule has 0 aliphatic heterocycles. The predicted octanol–water partition coefficient (Wildman–Crippen LogP) is -0.709. The number of rotatable bonds is 3. The third-order valence-corrected chi connectivity index (χ3v) is 2.11. The fraction of sp³-hybridized carbons (Fsp3) is 0.444. The van der Waals surface area contributed by atoms with Gasteiger partial charge in [-0.1, -0.05) is 5.16 Å². The Morgan fingerprint density at radius 3 is 2.50 bits per heavy atom. The van der Waals surface area contributed by atoms with E-state index in [0.29, 0.717) is 6.61 Å². The summed E-state index contributed by atoms with van der Waals surface area (Å²) in [6.07, 6.45) is 0.951. The van der Waals surface area contributed by atoms with Crippen LogP contribution in [-0.2, 0) is 14.1 Å². The maximum atomic E-state index is 11.7. The normalized spacial score (nSPS) is 10.9. The summed E-state index contributed by atoms with van der Waals surface area (Å²) < 4.78 is 7.28. The average molecular weight is 227 g/mol. The number of hydrogen-bond donors (Lipinski definition) is 1. The molecule has 0 aliphatic carbocycles. The molecule has 1 aromatic rings. The van der Waals surface area contributed by atoms with Gasteiger partial charge < -0.3 is 9.94 Å². The van der Waals surface area contributed by atoms with Gasteiger partial charge in [-0.25, -0.2) is 4.79 Å². The summed E-state index contributed by atoms with van der Waals surface area (Å²) in [5.41, 5.74) is -1.03. The highest BCUT2D eigenvalue weighted by Gasteiger charge is 2.14. The second-order valence-corrected chi connectivity index (χ2v) is 3.10. The Morgan fingerprint density at radius 1 is 1.38 bits per heavy atom. The van der Waals surface area contributed by atoms with Crippen LogP contribution in [0.2, 0.25) is 0 Å². The Bertz CT molecular complexity index is 527. The predicted molar refractivity (Wildman–Crippen MR) is 57.5 cm³/mol. The molecule has 0 saturated heterocycles. The molecule has 1 aromatic heterocycles. The lowest BCUT2D eigenvalue weighted by atomic mass is 10.3. The summed E-state index contributed by atoms with van der Waals surface area (Å²) >= 11 is 0. The van der Waals surface area contributed by atoms with Crippen LogP contribution in [0, 0.1) is 0 Å². The minimum Gasteiger partial charge on any atom is -0.478 e. The molecule has 0 saturated carbocycles. The number of ether oxygens (including phenoxy) is 1. The zero-order valence-corrected chi connectivity index (χ0v) is 9.30. The van der Waals surface area contributed by atoms with Gasteiger partial charge in [0, 0.05) is 14.1 Å². The van der Waals surface area contributed by atoms with Crippen LogP contribution in [-0.4, -0.2) is 27.2 Å². The Morgan fingerprint density at radius 2 is 2.00 bits per heavy atom. The SMILES string of the molecule is CCOc1c(/C=N\O)c(=O)n(C)c(=O)n1C. The lowest BCUT2D eigenvalue weighted by Crippen LogP contribution is -2.39. The van der Waals surface area contributed by atoms with E-state index in [9.17, 15) is 9.59 Å². The van der Waals surface area contributed by atoms with Crippen molar-refractivity contribution in [3.05, 3.63) is 26.4 Å². The first-order valence-electron chi connectivity index (χ1n) is 4.64. The van der Waals surface area contributed by atoms with Crippen molar-refractivity contribution in [2.45, 2.75) is 6.92 Å². The quantitative estimate of drug-likeness (QED) is 0.420. The van der Waals surface area contributed by atoms with Crippen molar-refractivity contribution in [3.63, 3.8) is 0 Å². The molecule has 88 valence electrons. The maximum Gasteiger partial charge on any atom is 0.333 e. The minimum absolute atomic E-state index is 0.0361. The van der Waals surface area contributed by atoms with Gasteiger partial charge >= 0.3 is 5.69 Å². The molecule has 16 heavy (non-hydrogen) atoms. The molecule has 1 rings (SSSR count). The van der Waals surface area contributed by atoms with E-state index in [4.69, 9.17) is 9.94 Å². The van der Waals surface area contributed by atoms with Gasteiger partial charge in [-0.15, -0.1) is 0 Å². The van der Waals surface area contributed by atoms with Gasteiger partial charge in [-0.3, -0.25) is 13.9 Å². The molecule has 0 unspecified atom stereocenters. The highest BCUT2D eigenvalue weighted by atomic mass is 16.5. The fourth-order valence-corrected chi connectivity index (χ4v) is 1.33. The summed E-state index contributed by atoms with van der Waals surface area (Å²) in [6.45, 7) is 2.02. The standard InChI is InChI=1S/C9H13N3O4/c1-4-16-8-6(5-10-15)7(13)11(2)9(14)12(8)3/h5,15H,4H2,1-3H3/b10-5-. The van der Waals surface area contributed by atoms with Crippen molar-refractivity contribution in [1.82, 2.24) is 9.13 Å². The fourth-order valence-electron chi connectivity index (χ4n) is 1.33. The molecule has 0 spiro atoms. The summed E-state index contributed by atoms with van der Waals surface area (Å²) in [7, 11) is 2.82. The molecule has 0 fully saturated rings. The molecule has 0 radical (unpaired) electrons. The first-order chi connectivity index (χ1) is 7.54. The summed E-state index contributed by atoms with van der Waals surface area (Å²) in [4.78, 5) is 23.3. The summed E-state index contributed by atoms with van der Waals surface area (Å²) in [5.74, 6) is 0.0911. The Labute approximate surface area is 91.2 Å². The lowest BCUT2D eigenvalue weighted by molar-refractivity contribution is 0.303. The second kappa shape index (κ2) is 4.65. The topological polar surface area (TPSA) is 85.8 Å². The van der Waals surface area contributed by atoms with Crippen LogP contribution in [0.25, 0.3) is 0 Å². The van der Waals surface area contributed by atoms with Gasteiger partial charge in [0.1, 0.15) is 5.56 Å². The van der Waals surface area contributed by atoms with Gasteiger partial charge in [0.05, 0.1) is 12.8 Å². The molecule has 0 aliphatic rings. The maximum absolute atomic E-state index is 11.7. The van der Waals surface area contributed by atoms with E-state index in [2.05, 4.69) is 5.16 Å². The van der Waals surface area contributed by atoms with Crippen molar-refractivity contribution < 1.29 is 9.94 Å². The van der Waals surface area contributed by atoms with Crippen LogP contribution in [0.3, 0.4) is 0 Å². The van der Waals surface area contributed by atoms with E-state index in [1.165, 1.54) is 18.7 Å². The molecule has 0 aromatic carbocycles. The van der Waals surface area contributed by atoms with Crippen LogP contribution in [0.1, 0.15) is 12.5 Å². The third-order valence-electron chi connectivity index (χ3n) is 2.11. The molecule has 1 heterocycles. The zero-order chi connectivity index (χ0) is 12.3. The van der Waals surface area contributed by atoms with Gasteiger partial charge in [0.25, 0.3) is 5.56 Å². The molecule has 0 amide bonds. The van der Waals surface area contributed by atoms with Crippen LogP contribution >= 0.6 is 0 Å². The first kappa shape index (κ1) is 12.0. The molecular weight excluding hydrogens is 214 g/mol. The van der Waals surface area contributed by atoms with Crippen LogP contribution in [0.4, 0.5) is 0 Å². The van der Waals surface area contributed by atoms with E-state index in [0.717, 1.165) is 10.8 Å². The van der Waals surface area contributed by atoms with Crippen LogP contribution in [0.5, 0.6) is 5.88 Å². The van der Waals surface area contributed by atoms with Gasteiger partial charge in [0.2, 0.25) is 5.88 Å². The molecule has 0 bridgehead atoms. The smallest absolute Gasteiger partial charge is 0.333 e. The second-order valence-electron chi connectivity index (χ2n) is 3.10. The third kappa shape index (κ3) is 1.83. The average Bonchev–Trinajstić information content (AvgIpc) is 2.28. The molecule has 7 nitrogen and oxygen atoms in total. The van der Waals surface area contributed by atoms with Gasteiger partial charge in [-0.2, -0.15) is 0 Å². The lowest BCUT2D eigenvalue weighted by Gasteiger charge is -2.12. The highest BCUT2D eigenvalue weighted by molar-refractivity contribution is 5.81. The molecular formula is C9H13N3O4. The van der Waals surface area contributed by atoms with Crippen molar-refractivity contribution >= 4 is 6.21 Å². The first-order valence-corrected chi connectivity index (χ1v) is 4.64. The van der Waals surface area contributed by atoms with Crippen molar-refractivity contribution in [3.8, 4) is 5.88 Å². The minimum atomic E-state index is -0.565. The van der Waals surface area contributed by atoms with E-state index in [-0.39, 0.29) is 11.4 Å². The van der Waals surface area contributed by atoms with E-state index < -0.39 is 11.2 Å². The van der Waals surface area contributed by atoms with Crippen molar-refractivity contribution in [1.29, 1.82) is 0 Å². The van der Waals surface area contributed by atoms with E-state index in [1.807, 2.05) is 0 Å². The Hall–Kier alpha value is -2.05. The van der Waals surface area contributed by atoms with Crippen LogP contribution in [0.15, 0.2) is 14.7 Å². The Kier molecular flexibility index (Phi) is 3.49. The zero-order valence-electron chi connectivity index (χ0n) is 9.30. The highest BCUT2D eigenvalue weighted by Crippen LogP contribution is 2.08. The van der Waals surface area contributed by atoms with Gasteiger partial charge in [-0.05, 0) is 6.92 Å². The number of hydrogen-bond acceptors (Lipinski definition) is 5. The van der Waals surface area contributed by atoms with Gasteiger partial charge in [0.15, 0.2) is 0 Å². The van der Waals surface area contributed by atoms with Crippen molar-refractivity contribution in [2.75, 3.05) is 6.61 Å². The summed E-state index contributed by atoms with van der Waals surface area (Å²) in [5, 5.41) is 11.3. The molecule has 7 heteroatoms. The largest absolute Gasteiger partial charge is 0.478 e. The Balaban J connectivity index is 3.68. The molecule has 1 N–H and O–H groups in total. The number of aromatic nitrogens is 2. The molecule has 0 atom stereocenters. The number of oxime groups is 1. The van der Waals surface area contributed by atoms with Crippen LogP contribution < -0.4 is 16.0 Å². The summed E-state index contributed by atoms with van der Waals surface area (Å²) in [6, 6.07) is 0. The number of nitrogens with zero attached hydrogens (tertiary/aromatic N) is 3. The van der Waals surface area contributed by atoms with E-state index in [1.54, 1.807) is 6.92 Å².